The molecule has 0 fully saturated rings. The third kappa shape index (κ3) is 3.38. The number of anilines is 1. The molecule has 1 aromatic heterocycles. The van der Waals surface area contributed by atoms with Gasteiger partial charge in [-0.2, -0.15) is 10.2 Å². The van der Waals surface area contributed by atoms with Gasteiger partial charge in [0.05, 0.1) is 18.7 Å². The molecule has 1 heterocycles. The van der Waals surface area contributed by atoms with Crippen molar-refractivity contribution in [3.05, 3.63) is 35.7 Å². The van der Waals surface area contributed by atoms with Crippen LogP contribution in [0.3, 0.4) is 0 Å². The van der Waals surface area contributed by atoms with E-state index in [2.05, 4.69) is 15.4 Å². The second-order valence-corrected chi connectivity index (χ2v) is 4.09. The summed E-state index contributed by atoms with van der Waals surface area (Å²) in [7, 11) is 1.51. The van der Waals surface area contributed by atoms with Gasteiger partial charge in [0.15, 0.2) is 11.5 Å². The molecule has 3 N–H and O–H groups in total. The topological polar surface area (TPSA) is 106 Å². The summed E-state index contributed by atoms with van der Waals surface area (Å²) < 4.78 is 10.9. The number of hydrazine groups is 1. The van der Waals surface area contributed by atoms with E-state index in [1.54, 1.807) is 24.3 Å². The average Bonchev–Trinajstić information content (AvgIpc) is 2.54. The molecule has 0 bridgehead atoms. The number of nitriles is 1. The molecule has 0 saturated carbocycles. The Hall–Kier alpha value is -2.85. The van der Waals surface area contributed by atoms with Crippen LogP contribution in [0.1, 0.15) is 18.3 Å². The quantitative estimate of drug-likeness (QED) is 0.639. The number of ether oxygens (including phenoxy) is 2. The lowest BCUT2D eigenvalue weighted by Crippen LogP contribution is -2.10. The van der Waals surface area contributed by atoms with Gasteiger partial charge in [0.2, 0.25) is 5.88 Å². The number of nitrogens with one attached hydrogen (secondary N) is 1. The molecule has 0 aliphatic heterocycles. The predicted molar refractivity (Wildman–Crippen MR) is 77.0 cm³/mol. The number of benzene rings is 1. The van der Waals surface area contributed by atoms with Crippen molar-refractivity contribution in [1.29, 1.82) is 5.26 Å². The molecule has 0 aliphatic carbocycles. The van der Waals surface area contributed by atoms with Crippen LogP contribution < -0.4 is 20.7 Å². The molecule has 2 aromatic rings. The van der Waals surface area contributed by atoms with Crippen LogP contribution in [0.2, 0.25) is 0 Å². The highest BCUT2D eigenvalue weighted by Gasteiger charge is 2.10. The van der Waals surface area contributed by atoms with Crippen LogP contribution in [0.5, 0.6) is 17.4 Å². The highest BCUT2D eigenvalue weighted by atomic mass is 16.5. The molecule has 0 radical (unpaired) electrons. The summed E-state index contributed by atoms with van der Waals surface area (Å²) in [6.45, 7) is 1.93. The Kier molecular flexibility index (Phi) is 4.53. The Morgan fingerprint density at radius 3 is 2.71 bits per heavy atom. The van der Waals surface area contributed by atoms with Gasteiger partial charge in [-0.15, -0.1) is 0 Å². The zero-order valence-corrected chi connectivity index (χ0v) is 11.8. The number of hydrogen-bond donors (Lipinski definition) is 2. The molecule has 0 spiro atoms. The molecular formula is C14H15N5O2. The van der Waals surface area contributed by atoms with Gasteiger partial charge >= 0.3 is 0 Å². The number of rotatable bonds is 5. The standard InChI is InChI=1S/C14H15N5O2/c1-3-12-17-13(19-16)7-14(18-12)21-10-5-4-9(8-15)6-11(10)20-2/h4-7H,3,16H2,1-2H3,(H,17,18,19). The Morgan fingerprint density at radius 1 is 1.29 bits per heavy atom. The van der Waals surface area contributed by atoms with Crippen molar-refractivity contribution in [2.24, 2.45) is 5.84 Å². The van der Waals surface area contributed by atoms with E-state index in [0.717, 1.165) is 0 Å². The normalized spacial score (nSPS) is 9.81. The maximum Gasteiger partial charge on any atom is 0.224 e. The number of aromatic nitrogens is 2. The Labute approximate surface area is 122 Å². The number of aryl methyl sites for hydroxylation is 1. The van der Waals surface area contributed by atoms with Gasteiger partial charge in [-0.3, -0.25) is 0 Å². The van der Waals surface area contributed by atoms with Crippen LogP contribution in [-0.4, -0.2) is 17.1 Å². The lowest BCUT2D eigenvalue weighted by molar-refractivity contribution is 0.373. The summed E-state index contributed by atoms with van der Waals surface area (Å²) in [4.78, 5) is 8.44. The maximum absolute atomic E-state index is 8.89. The molecule has 7 nitrogen and oxygen atoms in total. The minimum atomic E-state index is 0.345. The fourth-order valence-corrected chi connectivity index (χ4v) is 1.69. The molecule has 0 atom stereocenters. The molecule has 1 aromatic carbocycles. The van der Waals surface area contributed by atoms with Crippen molar-refractivity contribution in [2.45, 2.75) is 13.3 Å². The number of nitrogens with zero attached hydrogens (tertiary/aromatic N) is 3. The largest absolute Gasteiger partial charge is 0.493 e. The lowest BCUT2D eigenvalue weighted by atomic mass is 10.2. The summed E-state index contributed by atoms with van der Waals surface area (Å²) in [5.41, 5.74) is 2.96. The first-order chi connectivity index (χ1) is 10.2. The smallest absolute Gasteiger partial charge is 0.224 e. The van der Waals surface area contributed by atoms with Crippen LogP contribution in [0, 0.1) is 11.3 Å². The van der Waals surface area contributed by atoms with Gasteiger partial charge < -0.3 is 14.9 Å². The first kappa shape index (κ1) is 14.6. The molecular weight excluding hydrogens is 270 g/mol. The van der Waals surface area contributed by atoms with E-state index < -0.39 is 0 Å². The molecule has 0 amide bonds. The van der Waals surface area contributed by atoms with Gasteiger partial charge in [-0.05, 0) is 12.1 Å². The zero-order valence-electron chi connectivity index (χ0n) is 11.8. The van der Waals surface area contributed by atoms with Crippen molar-refractivity contribution in [1.82, 2.24) is 9.97 Å². The molecule has 7 heteroatoms. The van der Waals surface area contributed by atoms with Crippen molar-refractivity contribution in [2.75, 3.05) is 12.5 Å². The number of methoxy groups -OCH3 is 1. The lowest BCUT2D eigenvalue weighted by Gasteiger charge is -2.11. The number of nitrogens with two attached hydrogens (primary N) is 1. The van der Waals surface area contributed by atoms with Crippen molar-refractivity contribution >= 4 is 5.82 Å². The van der Waals surface area contributed by atoms with Crippen molar-refractivity contribution < 1.29 is 9.47 Å². The molecule has 21 heavy (non-hydrogen) atoms. The fraction of sp³-hybridized carbons (Fsp3) is 0.214. The van der Waals surface area contributed by atoms with E-state index in [1.807, 2.05) is 13.0 Å². The van der Waals surface area contributed by atoms with Gasteiger partial charge in [0.1, 0.15) is 11.6 Å². The maximum atomic E-state index is 8.89. The monoisotopic (exact) mass is 285 g/mol. The van der Waals surface area contributed by atoms with E-state index in [0.29, 0.717) is 41.0 Å². The summed E-state index contributed by atoms with van der Waals surface area (Å²) in [5.74, 6) is 7.70. The second-order valence-electron chi connectivity index (χ2n) is 4.09. The average molecular weight is 285 g/mol. The highest BCUT2D eigenvalue weighted by molar-refractivity contribution is 5.48. The summed E-state index contributed by atoms with van der Waals surface area (Å²) in [5, 5.41) is 8.89. The van der Waals surface area contributed by atoms with Crippen LogP contribution in [0.25, 0.3) is 0 Å². The molecule has 2 rings (SSSR count). The summed E-state index contributed by atoms with van der Waals surface area (Å²) in [6.07, 6.45) is 0.649. The van der Waals surface area contributed by atoms with E-state index in [1.165, 1.54) is 7.11 Å². The minimum absolute atomic E-state index is 0.345. The SMILES string of the molecule is CCc1nc(NN)cc(Oc2ccc(C#N)cc2OC)n1. The summed E-state index contributed by atoms with van der Waals surface area (Å²) in [6, 6.07) is 8.51. The zero-order chi connectivity index (χ0) is 15.2. The molecule has 0 saturated heterocycles. The predicted octanol–water partition coefficient (Wildman–Crippen LogP) is 2.00. The van der Waals surface area contributed by atoms with Crippen LogP contribution in [-0.2, 0) is 6.42 Å². The van der Waals surface area contributed by atoms with Gasteiger partial charge in [0, 0.05) is 18.6 Å². The number of hydrogen-bond acceptors (Lipinski definition) is 7. The van der Waals surface area contributed by atoms with Crippen LogP contribution >= 0.6 is 0 Å². The van der Waals surface area contributed by atoms with Gasteiger partial charge in [-0.1, -0.05) is 6.92 Å². The fourth-order valence-electron chi connectivity index (χ4n) is 1.69. The third-order valence-corrected chi connectivity index (χ3v) is 2.72. The Bertz CT molecular complexity index is 659. The second kappa shape index (κ2) is 6.54. The van der Waals surface area contributed by atoms with Crippen LogP contribution in [0.4, 0.5) is 5.82 Å². The number of nitrogen functional groups attached to an aromatic ring is 1. The molecule has 108 valence electrons. The molecule has 0 unspecified atom stereocenters. The van der Waals surface area contributed by atoms with Crippen molar-refractivity contribution in [3.63, 3.8) is 0 Å². The Morgan fingerprint density at radius 2 is 2.10 bits per heavy atom. The summed E-state index contributed by atoms with van der Waals surface area (Å²) >= 11 is 0. The van der Waals surface area contributed by atoms with Gasteiger partial charge in [0.25, 0.3) is 0 Å². The first-order valence-corrected chi connectivity index (χ1v) is 6.30. The first-order valence-electron chi connectivity index (χ1n) is 6.30. The van der Waals surface area contributed by atoms with E-state index in [-0.39, 0.29) is 0 Å². The Balaban J connectivity index is 2.35. The van der Waals surface area contributed by atoms with E-state index in [4.69, 9.17) is 20.6 Å². The van der Waals surface area contributed by atoms with Crippen molar-refractivity contribution in [3.8, 4) is 23.4 Å². The van der Waals surface area contributed by atoms with Gasteiger partial charge in [-0.25, -0.2) is 10.8 Å². The highest BCUT2D eigenvalue weighted by Crippen LogP contribution is 2.32. The van der Waals surface area contributed by atoms with E-state index in [9.17, 15) is 0 Å². The van der Waals surface area contributed by atoms with E-state index >= 15 is 0 Å². The van der Waals surface area contributed by atoms with Crippen LogP contribution in [0.15, 0.2) is 24.3 Å². The third-order valence-electron chi connectivity index (χ3n) is 2.72. The molecule has 0 aliphatic rings. The minimum Gasteiger partial charge on any atom is -0.493 e.